The maximum atomic E-state index is 11.4. The molecule has 0 atom stereocenters. The van der Waals surface area contributed by atoms with E-state index in [4.69, 9.17) is 0 Å². The van der Waals surface area contributed by atoms with E-state index in [1.165, 1.54) is 0 Å². The van der Waals surface area contributed by atoms with Crippen LogP contribution in [0.1, 0.15) is 47.3 Å². The number of carbonyl (C=O) groups is 1. The normalized spacial score (nSPS) is 10.8. The number of carboxylic acid groups (broad SMARTS) is 1. The largest absolute Gasteiger partial charge is 0.478 e. The van der Waals surface area contributed by atoms with Crippen molar-refractivity contribution in [2.75, 3.05) is 0 Å². The minimum atomic E-state index is -0.953. The molecular weight excluding hydrogens is 328 g/mol. The number of nitrogens with zero attached hydrogens (tertiary/aromatic N) is 4. The van der Waals surface area contributed by atoms with Crippen LogP contribution >= 0.6 is 0 Å². The molecule has 0 aliphatic heterocycles. The monoisotopic (exact) mass is 350 g/mol. The summed E-state index contributed by atoms with van der Waals surface area (Å²) in [6.45, 7) is 4.92. The zero-order chi connectivity index (χ0) is 18.5. The average molecular weight is 350 g/mol. The minimum Gasteiger partial charge on any atom is -0.478 e. The Morgan fingerprint density at radius 1 is 1.19 bits per heavy atom. The van der Waals surface area contributed by atoms with Crippen molar-refractivity contribution in [1.29, 1.82) is 0 Å². The molecule has 0 spiro atoms. The summed E-state index contributed by atoms with van der Waals surface area (Å²) in [7, 11) is 0. The highest BCUT2D eigenvalue weighted by Crippen LogP contribution is 2.22. The molecule has 0 saturated heterocycles. The van der Waals surface area contributed by atoms with Crippen molar-refractivity contribution in [3.05, 3.63) is 65.4 Å². The third kappa shape index (κ3) is 3.96. The molecule has 3 aromatic rings. The summed E-state index contributed by atoms with van der Waals surface area (Å²) < 4.78 is 1.96. The first kappa shape index (κ1) is 17.8. The summed E-state index contributed by atoms with van der Waals surface area (Å²) in [5, 5.41) is 13.8. The van der Waals surface area contributed by atoms with Gasteiger partial charge in [-0.1, -0.05) is 37.6 Å². The van der Waals surface area contributed by atoms with Gasteiger partial charge in [0.2, 0.25) is 0 Å². The van der Waals surface area contributed by atoms with Crippen molar-refractivity contribution in [3.8, 4) is 11.3 Å². The molecule has 134 valence electrons. The van der Waals surface area contributed by atoms with Crippen LogP contribution in [0, 0.1) is 6.92 Å². The maximum absolute atomic E-state index is 11.4. The molecule has 0 radical (unpaired) electrons. The van der Waals surface area contributed by atoms with Gasteiger partial charge in [-0.05, 0) is 31.0 Å². The Kier molecular flexibility index (Phi) is 5.41. The molecule has 0 amide bonds. The second kappa shape index (κ2) is 7.91. The lowest BCUT2D eigenvalue weighted by molar-refractivity contribution is 0.0697. The lowest BCUT2D eigenvalue weighted by Crippen LogP contribution is -2.07. The summed E-state index contributed by atoms with van der Waals surface area (Å²) in [5.41, 5.74) is 2.54. The predicted octanol–water partition coefficient (Wildman–Crippen LogP) is 3.74. The summed E-state index contributed by atoms with van der Waals surface area (Å²) in [5.74, 6) is 0.749. The number of hydrogen-bond donors (Lipinski definition) is 1. The van der Waals surface area contributed by atoms with Crippen LogP contribution in [0.4, 0.5) is 0 Å². The molecule has 26 heavy (non-hydrogen) atoms. The minimum absolute atomic E-state index is 0.252. The second-order valence-electron chi connectivity index (χ2n) is 6.23. The SMILES string of the molecule is CCCCn1nc(C)nc1Cc1ccc(-c2ccccc2C(=O)O)nc1. The van der Waals surface area contributed by atoms with E-state index in [0.717, 1.165) is 36.6 Å². The van der Waals surface area contributed by atoms with Gasteiger partial charge >= 0.3 is 5.97 Å². The number of aryl methyl sites for hydroxylation is 2. The third-order valence-corrected chi connectivity index (χ3v) is 4.20. The van der Waals surface area contributed by atoms with Crippen molar-refractivity contribution < 1.29 is 9.90 Å². The fraction of sp³-hybridized carbons (Fsp3) is 0.300. The van der Waals surface area contributed by atoms with E-state index in [0.29, 0.717) is 17.7 Å². The molecule has 1 aromatic carbocycles. The van der Waals surface area contributed by atoms with E-state index >= 15 is 0 Å². The first-order chi connectivity index (χ1) is 12.6. The van der Waals surface area contributed by atoms with Gasteiger partial charge in [-0.2, -0.15) is 5.10 Å². The fourth-order valence-electron chi connectivity index (χ4n) is 2.88. The Balaban J connectivity index is 1.82. The molecule has 0 aliphatic rings. The molecule has 0 fully saturated rings. The van der Waals surface area contributed by atoms with Gasteiger partial charge in [-0.3, -0.25) is 4.98 Å². The number of aromatic carboxylic acids is 1. The quantitative estimate of drug-likeness (QED) is 0.702. The standard InChI is InChI=1S/C20H22N4O2/c1-3-4-11-24-19(22-14(2)23-24)12-15-9-10-18(21-13-15)16-7-5-6-8-17(16)20(25)26/h5-10,13H,3-4,11-12H2,1-2H3,(H,25,26). The lowest BCUT2D eigenvalue weighted by Gasteiger charge is -2.07. The van der Waals surface area contributed by atoms with Gasteiger partial charge in [0.25, 0.3) is 0 Å². The van der Waals surface area contributed by atoms with Crippen LogP contribution in [-0.4, -0.2) is 30.8 Å². The zero-order valence-electron chi connectivity index (χ0n) is 15.0. The van der Waals surface area contributed by atoms with Crippen LogP contribution < -0.4 is 0 Å². The first-order valence-electron chi connectivity index (χ1n) is 8.76. The third-order valence-electron chi connectivity index (χ3n) is 4.20. The smallest absolute Gasteiger partial charge is 0.336 e. The topological polar surface area (TPSA) is 80.9 Å². The Labute approximate surface area is 152 Å². The molecule has 0 bridgehead atoms. The summed E-state index contributed by atoms with van der Waals surface area (Å²) in [6.07, 6.45) is 4.61. The number of hydrogen-bond acceptors (Lipinski definition) is 4. The number of unbranched alkanes of at least 4 members (excludes halogenated alkanes) is 1. The van der Waals surface area contributed by atoms with E-state index in [1.807, 2.05) is 29.8 Å². The van der Waals surface area contributed by atoms with Crippen molar-refractivity contribution in [1.82, 2.24) is 19.7 Å². The van der Waals surface area contributed by atoms with Gasteiger partial charge < -0.3 is 5.11 Å². The molecule has 3 rings (SSSR count). The number of rotatable bonds is 7. The highest BCUT2D eigenvalue weighted by atomic mass is 16.4. The molecule has 6 nitrogen and oxygen atoms in total. The molecule has 2 heterocycles. The molecule has 2 aromatic heterocycles. The van der Waals surface area contributed by atoms with Gasteiger partial charge in [0.15, 0.2) is 0 Å². The Morgan fingerprint density at radius 2 is 2.00 bits per heavy atom. The van der Waals surface area contributed by atoms with Crippen LogP contribution in [0.25, 0.3) is 11.3 Å². The van der Waals surface area contributed by atoms with Crippen molar-refractivity contribution in [3.63, 3.8) is 0 Å². The van der Waals surface area contributed by atoms with E-state index in [2.05, 4.69) is 22.0 Å². The average Bonchev–Trinajstić information content (AvgIpc) is 2.99. The van der Waals surface area contributed by atoms with Gasteiger partial charge in [-0.25, -0.2) is 14.5 Å². The maximum Gasteiger partial charge on any atom is 0.336 e. The highest BCUT2D eigenvalue weighted by molar-refractivity contribution is 5.95. The molecular formula is C20H22N4O2. The van der Waals surface area contributed by atoms with Crippen LogP contribution in [0.2, 0.25) is 0 Å². The number of aromatic nitrogens is 4. The molecule has 0 aliphatic carbocycles. The van der Waals surface area contributed by atoms with E-state index in [9.17, 15) is 9.90 Å². The summed E-state index contributed by atoms with van der Waals surface area (Å²) in [4.78, 5) is 20.4. The fourth-order valence-corrected chi connectivity index (χ4v) is 2.88. The van der Waals surface area contributed by atoms with Crippen LogP contribution in [0.5, 0.6) is 0 Å². The van der Waals surface area contributed by atoms with Gasteiger partial charge in [-0.15, -0.1) is 0 Å². The van der Waals surface area contributed by atoms with Crippen LogP contribution in [-0.2, 0) is 13.0 Å². The zero-order valence-corrected chi connectivity index (χ0v) is 15.0. The van der Waals surface area contributed by atoms with Crippen LogP contribution in [0.15, 0.2) is 42.6 Å². The number of benzene rings is 1. The Morgan fingerprint density at radius 3 is 2.69 bits per heavy atom. The number of pyridine rings is 1. The first-order valence-corrected chi connectivity index (χ1v) is 8.76. The van der Waals surface area contributed by atoms with Crippen molar-refractivity contribution >= 4 is 5.97 Å². The molecule has 1 N–H and O–H groups in total. The summed E-state index contributed by atoms with van der Waals surface area (Å²) in [6, 6.07) is 10.7. The van der Waals surface area contributed by atoms with E-state index < -0.39 is 5.97 Å². The molecule has 6 heteroatoms. The highest BCUT2D eigenvalue weighted by Gasteiger charge is 2.13. The Hall–Kier alpha value is -3.02. The predicted molar refractivity (Wildman–Crippen MR) is 99.1 cm³/mol. The number of carboxylic acids is 1. The van der Waals surface area contributed by atoms with Gasteiger partial charge in [0, 0.05) is 24.7 Å². The van der Waals surface area contributed by atoms with E-state index in [1.54, 1.807) is 24.4 Å². The van der Waals surface area contributed by atoms with Crippen molar-refractivity contribution in [2.24, 2.45) is 0 Å². The Bertz CT molecular complexity index is 900. The second-order valence-corrected chi connectivity index (χ2v) is 6.23. The van der Waals surface area contributed by atoms with Gasteiger partial charge in [0.1, 0.15) is 11.6 Å². The van der Waals surface area contributed by atoms with E-state index in [-0.39, 0.29) is 5.56 Å². The van der Waals surface area contributed by atoms with Crippen LogP contribution in [0.3, 0.4) is 0 Å². The van der Waals surface area contributed by atoms with Gasteiger partial charge in [0.05, 0.1) is 11.3 Å². The molecule has 0 saturated carbocycles. The van der Waals surface area contributed by atoms with Crippen molar-refractivity contribution in [2.45, 2.75) is 39.7 Å². The lowest BCUT2D eigenvalue weighted by atomic mass is 10.0. The molecule has 0 unspecified atom stereocenters. The summed E-state index contributed by atoms with van der Waals surface area (Å²) >= 11 is 0.